The number of hydrogen-bond donors (Lipinski definition) is 0. The Labute approximate surface area is 154 Å². The van der Waals surface area contributed by atoms with Crippen molar-refractivity contribution in [2.75, 3.05) is 35.5 Å². The van der Waals surface area contributed by atoms with E-state index in [1.165, 1.54) is 38.7 Å². The van der Waals surface area contributed by atoms with Gasteiger partial charge in [-0.3, -0.25) is 0 Å². The van der Waals surface area contributed by atoms with E-state index < -0.39 is 10.0 Å². The maximum absolute atomic E-state index is 13.0. The van der Waals surface area contributed by atoms with Gasteiger partial charge < -0.3 is 18.9 Å². The van der Waals surface area contributed by atoms with Crippen LogP contribution in [-0.2, 0) is 16.6 Å². The van der Waals surface area contributed by atoms with Gasteiger partial charge in [-0.15, -0.1) is 0 Å². The Bertz CT molecular complexity index is 866. The van der Waals surface area contributed by atoms with Crippen molar-refractivity contribution in [3.8, 4) is 23.0 Å². The largest absolute Gasteiger partial charge is 0.497 e. The van der Waals surface area contributed by atoms with Crippen molar-refractivity contribution in [2.45, 2.75) is 11.4 Å². The Morgan fingerprint density at radius 2 is 1.42 bits per heavy atom. The van der Waals surface area contributed by atoms with Crippen LogP contribution in [-0.4, -0.2) is 48.2 Å². The molecule has 8 heteroatoms. The molecule has 26 heavy (non-hydrogen) atoms. The molecule has 0 saturated heterocycles. The third kappa shape index (κ3) is 4.03. The van der Waals surface area contributed by atoms with E-state index >= 15 is 0 Å². The van der Waals surface area contributed by atoms with Crippen LogP contribution in [0.2, 0.25) is 0 Å². The van der Waals surface area contributed by atoms with E-state index in [4.69, 9.17) is 18.9 Å². The highest BCUT2D eigenvalue weighted by Gasteiger charge is 2.26. The third-order valence-corrected chi connectivity index (χ3v) is 5.74. The molecule has 0 aliphatic heterocycles. The molecule has 0 spiro atoms. The van der Waals surface area contributed by atoms with Gasteiger partial charge in [0, 0.05) is 19.7 Å². The second-order valence-electron chi connectivity index (χ2n) is 5.47. The van der Waals surface area contributed by atoms with Gasteiger partial charge in [0.05, 0.1) is 28.4 Å². The molecule has 7 nitrogen and oxygen atoms in total. The standard InChI is InChI=1S/C18H23NO6S/c1-19(12-13-6-8-15(23-3)17(10-13)25-5)26(20,21)18-11-14(22-2)7-9-16(18)24-4/h6-11H,12H2,1-5H3. The lowest BCUT2D eigenvalue weighted by molar-refractivity contribution is 0.354. The fraction of sp³-hybridized carbons (Fsp3) is 0.333. The van der Waals surface area contributed by atoms with Crippen molar-refractivity contribution >= 4 is 10.0 Å². The van der Waals surface area contributed by atoms with Crippen LogP contribution in [0.15, 0.2) is 41.3 Å². The Morgan fingerprint density at radius 3 is 2.00 bits per heavy atom. The predicted octanol–water partition coefficient (Wildman–Crippen LogP) is 2.54. The lowest BCUT2D eigenvalue weighted by Crippen LogP contribution is -2.27. The third-order valence-electron chi connectivity index (χ3n) is 3.91. The average molecular weight is 381 g/mol. The number of sulfonamides is 1. The van der Waals surface area contributed by atoms with Crippen LogP contribution in [0.5, 0.6) is 23.0 Å². The van der Waals surface area contributed by atoms with Crippen molar-refractivity contribution in [2.24, 2.45) is 0 Å². The first-order valence-electron chi connectivity index (χ1n) is 7.76. The highest BCUT2D eigenvalue weighted by atomic mass is 32.2. The summed E-state index contributed by atoms with van der Waals surface area (Å²) in [6, 6.07) is 9.92. The van der Waals surface area contributed by atoms with Crippen LogP contribution in [0.3, 0.4) is 0 Å². The maximum Gasteiger partial charge on any atom is 0.246 e. The minimum Gasteiger partial charge on any atom is -0.497 e. The summed E-state index contributed by atoms with van der Waals surface area (Å²) >= 11 is 0. The molecular weight excluding hydrogens is 358 g/mol. The zero-order valence-electron chi connectivity index (χ0n) is 15.5. The molecule has 0 aromatic heterocycles. The Kier molecular flexibility index (Phi) is 6.33. The summed E-state index contributed by atoms with van der Waals surface area (Å²) in [4.78, 5) is 0.0438. The highest BCUT2D eigenvalue weighted by molar-refractivity contribution is 7.89. The lowest BCUT2D eigenvalue weighted by Gasteiger charge is -2.20. The molecule has 0 fully saturated rings. The molecule has 0 unspecified atom stereocenters. The minimum absolute atomic E-state index is 0.0438. The first-order valence-corrected chi connectivity index (χ1v) is 9.20. The van der Waals surface area contributed by atoms with Gasteiger partial charge in [0.25, 0.3) is 0 Å². The van der Waals surface area contributed by atoms with E-state index in [9.17, 15) is 8.42 Å². The lowest BCUT2D eigenvalue weighted by atomic mass is 10.2. The topological polar surface area (TPSA) is 74.3 Å². The number of benzene rings is 2. The first-order chi connectivity index (χ1) is 12.4. The van der Waals surface area contributed by atoms with E-state index in [2.05, 4.69) is 0 Å². The normalized spacial score (nSPS) is 11.3. The summed E-state index contributed by atoms with van der Waals surface area (Å²) in [6.45, 7) is 0.156. The fourth-order valence-corrected chi connectivity index (χ4v) is 3.80. The minimum atomic E-state index is -3.79. The smallest absolute Gasteiger partial charge is 0.246 e. The predicted molar refractivity (Wildman–Crippen MR) is 97.7 cm³/mol. The first kappa shape index (κ1) is 19.9. The molecule has 0 bridgehead atoms. The van der Waals surface area contributed by atoms with Gasteiger partial charge in [0.15, 0.2) is 11.5 Å². The number of methoxy groups -OCH3 is 4. The number of nitrogens with zero attached hydrogens (tertiary/aromatic N) is 1. The van der Waals surface area contributed by atoms with Crippen LogP contribution >= 0.6 is 0 Å². The summed E-state index contributed by atoms with van der Waals surface area (Å²) in [7, 11) is 3.69. The summed E-state index contributed by atoms with van der Waals surface area (Å²) in [5.41, 5.74) is 0.760. The van der Waals surface area contributed by atoms with Crippen molar-refractivity contribution < 1.29 is 27.4 Å². The summed E-state index contributed by atoms with van der Waals surface area (Å²) in [6.07, 6.45) is 0. The van der Waals surface area contributed by atoms with Gasteiger partial charge in [-0.05, 0) is 29.8 Å². The Balaban J connectivity index is 2.35. The number of rotatable bonds is 8. The van der Waals surface area contributed by atoms with Crippen LogP contribution in [0.1, 0.15) is 5.56 Å². The number of ether oxygens (including phenoxy) is 4. The molecule has 0 atom stereocenters. The summed E-state index contributed by atoms with van der Waals surface area (Å²) in [5, 5.41) is 0. The zero-order valence-corrected chi connectivity index (χ0v) is 16.3. The van der Waals surface area contributed by atoms with Crippen LogP contribution in [0, 0.1) is 0 Å². The molecule has 0 radical (unpaired) electrons. The second kappa shape index (κ2) is 8.29. The molecule has 0 amide bonds. The molecular formula is C18H23NO6S. The van der Waals surface area contributed by atoms with E-state index in [-0.39, 0.29) is 17.2 Å². The SMILES string of the molecule is COc1ccc(OC)c(S(=O)(=O)N(C)Cc2ccc(OC)c(OC)c2)c1. The summed E-state index contributed by atoms with van der Waals surface area (Å²) < 4.78 is 48.0. The second-order valence-corrected chi connectivity index (χ2v) is 7.48. The van der Waals surface area contributed by atoms with Gasteiger partial charge in [-0.25, -0.2) is 8.42 Å². The van der Waals surface area contributed by atoms with Crippen molar-refractivity contribution in [3.05, 3.63) is 42.0 Å². The molecule has 2 aromatic carbocycles. The van der Waals surface area contributed by atoms with E-state index in [1.807, 2.05) is 0 Å². The monoisotopic (exact) mass is 381 g/mol. The summed E-state index contributed by atoms with van der Waals surface area (Å²) in [5.74, 6) is 1.81. The van der Waals surface area contributed by atoms with E-state index in [1.54, 1.807) is 37.4 Å². The zero-order chi connectivity index (χ0) is 19.3. The Hall–Kier alpha value is -2.45. The highest BCUT2D eigenvalue weighted by Crippen LogP contribution is 2.32. The molecule has 0 N–H and O–H groups in total. The van der Waals surface area contributed by atoms with Crippen molar-refractivity contribution in [3.63, 3.8) is 0 Å². The van der Waals surface area contributed by atoms with Crippen LogP contribution in [0.4, 0.5) is 0 Å². The van der Waals surface area contributed by atoms with E-state index in [0.29, 0.717) is 17.2 Å². The molecule has 0 aliphatic rings. The van der Waals surface area contributed by atoms with Crippen molar-refractivity contribution in [1.82, 2.24) is 4.31 Å². The van der Waals surface area contributed by atoms with Crippen LogP contribution in [0.25, 0.3) is 0 Å². The molecule has 142 valence electrons. The van der Waals surface area contributed by atoms with Gasteiger partial charge in [-0.2, -0.15) is 4.31 Å². The molecule has 0 saturated carbocycles. The van der Waals surface area contributed by atoms with E-state index in [0.717, 1.165) is 5.56 Å². The maximum atomic E-state index is 13.0. The fourth-order valence-electron chi connectivity index (χ4n) is 2.47. The molecule has 0 heterocycles. The van der Waals surface area contributed by atoms with Gasteiger partial charge in [0.1, 0.15) is 16.4 Å². The quantitative estimate of drug-likeness (QED) is 0.700. The van der Waals surface area contributed by atoms with Crippen molar-refractivity contribution in [1.29, 1.82) is 0 Å². The van der Waals surface area contributed by atoms with Gasteiger partial charge in [-0.1, -0.05) is 6.07 Å². The molecule has 0 aliphatic carbocycles. The average Bonchev–Trinajstić information content (AvgIpc) is 2.67. The van der Waals surface area contributed by atoms with Gasteiger partial charge >= 0.3 is 0 Å². The Morgan fingerprint density at radius 1 is 0.808 bits per heavy atom. The molecule has 2 aromatic rings. The van der Waals surface area contributed by atoms with Gasteiger partial charge in [0.2, 0.25) is 10.0 Å². The van der Waals surface area contributed by atoms with Crippen LogP contribution < -0.4 is 18.9 Å². The molecule has 2 rings (SSSR count). The number of hydrogen-bond acceptors (Lipinski definition) is 6.